The molecule has 0 aliphatic rings. The number of nitrogens with zero attached hydrogens (tertiary/aromatic N) is 3. The highest BCUT2D eigenvalue weighted by atomic mass is 16.1. The molecule has 1 aromatic heterocycles. The van der Waals surface area contributed by atoms with Gasteiger partial charge >= 0.3 is 0 Å². The minimum absolute atomic E-state index is 0.0673. The second-order valence-corrected chi connectivity index (χ2v) is 4.73. The van der Waals surface area contributed by atoms with Crippen LogP contribution in [0.2, 0.25) is 0 Å². The van der Waals surface area contributed by atoms with Crippen LogP contribution < -0.4 is 11.1 Å². The average molecular weight is 283 g/mol. The lowest BCUT2D eigenvalue weighted by Gasteiger charge is -2.10. The Bertz CT molecular complexity index is 684. The van der Waals surface area contributed by atoms with E-state index >= 15 is 0 Å². The molecular weight excluding hydrogens is 266 g/mol. The van der Waals surface area contributed by atoms with Crippen LogP contribution in [0.15, 0.2) is 30.6 Å². The maximum Gasteiger partial charge on any atom is 0.224 e. The smallest absolute Gasteiger partial charge is 0.224 e. The molecule has 1 heterocycles. The molecule has 0 atom stereocenters. The Balaban J connectivity index is 1.86. The molecule has 108 valence electrons. The van der Waals surface area contributed by atoms with Crippen LogP contribution in [0.1, 0.15) is 24.2 Å². The molecule has 1 aromatic carbocycles. The quantitative estimate of drug-likeness (QED) is 0.821. The SMILES string of the molecule is Cc1c(N)cccc1NC(=O)CCCn1ccnc1C#N. The third-order valence-electron chi connectivity index (χ3n) is 3.27. The number of amides is 1. The van der Waals surface area contributed by atoms with Crippen LogP contribution in [0.5, 0.6) is 0 Å². The van der Waals surface area contributed by atoms with Crippen LogP contribution in [0.3, 0.4) is 0 Å². The lowest BCUT2D eigenvalue weighted by atomic mass is 10.1. The van der Waals surface area contributed by atoms with Gasteiger partial charge < -0.3 is 15.6 Å². The maximum atomic E-state index is 11.9. The number of nitrogens with one attached hydrogen (secondary N) is 1. The number of aromatic nitrogens is 2. The fraction of sp³-hybridized carbons (Fsp3) is 0.267. The summed E-state index contributed by atoms with van der Waals surface area (Å²) in [4.78, 5) is 15.8. The molecule has 6 nitrogen and oxygen atoms in total. The van der Waals surface area contributed by atoms with Crippen LogP contribution in [0.25, 0.3) is 0 Å². The first-order chi connectivity index (χ1) is 10.1. The molecule has 0 unspecified atom stereocenters. The van der Waals surface area contributed by atoms with Crippen LogP contribution >= 0.6 is 0 Å². The molecule has 0 aliphatic heterocycles. The van der Waals surface area contributed by atoms with E-state index in [9.17, 15) is 4.79 Å². The molecule has 21 heavy (non-hydrogen) atoms. The van der Waals surface area contributed by atoms with E-state index in [0.29, 0.717) is 30.9 Å². The Labute approximate surface area is 123 Å². The zero-order valence-electron chi connectivity index (χ0n) is 11.8. The number of nitrogens with two attached hydrogens (primary N) is 1. The highest BCUT2D eigenvalue weighted by Gasteiger charge is 2.07. The van der Waals surface area contributed by atoms with Gasteiger partial charge in [0, 0.05) is 36.7 Å². The number of rotatable bonds is 5. The molecule has 0 radical (unpaired) electrons. The molecule has 2 aromatic rings. The van der Waals surface area contributed by atoms with Crippen molar-refractivity contribution in [3.63, 3.8) is 0 Å². The number of imidazole rings is 1. The van der Waals surface area contributed by atoms with Crippen molar-refractivity contribution in [1.82, 2.24) is 9.55 Å². The van der Waals surface area contributed by atoms with Crippen molar-refractivity contribution in [2.75, 3.05) is 11.1 Å². The Hall–Kier alpha value is -2.81. The largest absolute Gasteiger partial charge is 0.398 e. The van der Waals surface area contributed by atoms with Crippen molar-refractivity contribution in [1.29, 1.82) is 5.26 Å². The van der Waals surface area contributed by atoms with Crippen molar-refractivity contribution in [2.24, 2.45) is 0 Å². The number of hydrogen-bond donors (Lipinski definition) is 2. The molecule has 0 bridgehead atoms. The zero-order valence-corrected chi connectivity index (χ0v) is 11.8. The van der Waals surface area contributed by atoms with Gasteiger partial charge in [0.25, 0.3) is 0 Å². The molecule has 0 saturated heterocycles. The fourth-order valence-corrected chi connectivity index (χ4v) is 2.01. The van der Waals surface area contributed by atoms with E-state index < -0.39 is 0 Å². The summed E-state index contributed by atoms with van der Waals surface area (Å²) in [5.41, 5.74) is 8.06. The van der Waals surface area contributed by atoms with E-state index in [1.54, 1.807) is 23.0 Å². The Morgan fingerprint density at radius 2 is 2.33 bits per heavy atom. The molecule has 2 rings (SSSR count). The topological polar surface area (TPSA) is 96.7 Å². The van der Waals surface area contributed by atoms with E-state index in [2.05, 4.69) is 10.3 Å². The molecule has 0 fully saturated rings. The monoisotopic (exact) mass is 283 g/mol. The molecule has 0 saturated carbocycles. The number of carbonyl (C=O) groups is 1. The minimum atomic E-state index is -0.0673. The third-order valence-corrected chi connectivity index (χ3v) is 3.27. The number of nitrogen functional groups attached to an aromatic ring is 1. The summed E-state index contributed by atoms with van der Waals surface area (Å²) >= 11 is 0. The Morgan fingerprint density at radius 1 is 1.52 bits per heavy atom. The van der Waals surface area contributed by atoms with Crippen LogP contribution in [0.4, 0.5) is 11.4 Å². The molecule has 6 heteroatoms. The van der Waals surface area contributed by atoms with Gasteiger partial charge in [-0.3, -0.25) is 4.79 Å². The van der Waals surface area contributed by atoms with E-state index in [1.807, 2.05) is 25.1 Å². The summed E-state index contributed by atoms with van der Waals surface area (Å²) in [5, 5.41) is 11.7. The van der Waals surface area contributed by atoms with Crippen LogP contribution in [-0.2, 0) is 11.3 Å². The molecule has 0 spiro atoms. The van der Waals surface area contributed by atoms with Gasteiger partial charge in [0.2, 0.25) is 11.7 Å². The number of anilines is 2. The van der Waals surface area contributed by atoms with Gasteiger partial charge in [-0.2, -0.15) is 5.26 Å². The number of carbonyl (C=O) groups excluding carboxylic acids is 1. The van der Waals surface area contributed by atoms with Crippen molar-refractivity contribution in [2.45, 2.75) is 26.3 Å². The van der Waals surface area contributed by atoms with Gasteiger partial charge in [-0.25, -0.2) is 4.98 Å². The number of hydrogen-bond acceptors (Lipinski definition) is 4. The van der Waals surface area contributed by atoms with Crippen LogP contribution in [0, 0.1) is 18.3 Å². The van der Waals surface area contributed by atoms with Crippen molar-refractivity contribution in [3.8, 4) is 6.07 Å². The van der Waals surface area contributed by atoms with Crippen molar-refractivity contribution in [3.05, 3.63) is 42.0 Å². The van der Waals surface area contributed by atoms with E-state index in [-0.39, 0.29) is 5.91 Å². The van der Waals surface area contributed by atoms with Gasteiger partial charge in [0.1, 0.15) is 6.07 Å². The predicted molar refractivity (Wildman–Crippen MR) is 80.4 cm³/mol. The van der Waals surface area contributed by atoms with E-state index in [0.717, 1.165) is 11.3 Å². The number of benzene rings is 1. The molecular formula is C15H17N5O. The van der Waals surface area contributed by atoms with E-state index in [1.165, 1.54) is 0 Å². The second kappa shape index (κ2) is 6.57. The standard InChI is InChI=1S/C15H17N5O/c1-11-12(17)4-2-5-13(11)19-15(21)6-3-8-20-9-7-18-14(20)10-16/h2,4-5,7,9H,3,6,8,17H2,1H3,(H,19,21). The second-order valence-electron chi connectivity index (χ2n) is 4.73. The van der Waals surface area contributed by atoms with Gasteiger partial charge in [0.15, 0.2) is 0 Å². The first kappa shape index (κ1) is 14.6. The summed E-state index contributed by atoms with van der Waals surface area (Å²) in [6.45, 7) is 2.46. The number of aryl methyl sites for hydroxylation is 1. The fourth-order valence-electron chi connectivity index (χ4n) is 2.01. The van der Waals surface area contributed by atoms with Gasteiger partial charge in [-0.05, 0) is 31.0 Å². The first-order valence-electron chi connectivity index (χ1n) is 6.68. The van der Waals surface area contributed by atoms with Crippen molar-refractivity contribution < 1.29 is 4.79 Å². The Morgan fingerprint density at radius 3 is 3.10 bits per heavy atom. The lowest BCUT2D eigenvalue weighted by Crippen LogP contribution is -2.14. The number of nitriles is 1. The molecule has 3 N–H and O–H groups in total. The summed E-state index contributed by atoms with van der Waals surface area (Å²) < 4.78 is 1.74. The zero-order chi connectivity index (χ0) is 15.2. The molecule has 0 aliphatic carbocycles. The summed E-state index contributed by atoms with van der Waals surface area (Å²) in [7, 11) is 0. The summed E-state index contributed by atoms with van der Waals surface area (Å²) in [5.74, 6) is 0.296. The lowest BCUT2D eigenvalue weighted by molar-refractivity contribution is -0.116. The van der Waals surface area contributed by atoms with Gasteiger partial charge in [-0.15, -0.1) is 0 Å². The highest BCUT2D eigenvalue weighted by molar-refractivity contribution is 5.92. The Kier molecular flexibility index (Phi) is 4.57. The van der Waals surface area contributed by atoms with Gasteiger partial charge in [-0.1, -0.05) is 6.07 Å². The third kappa shape index (κ3) is 3.60. The molecule has 1 amide bonds. The van der Waals surface area contributed by atoms with E-state index in [4.69, 9.17) is 11.0 Å². The van der Waals surface area contributed by atoms with Gasteiger partial charge in [0.05, 0.1) is 0 Å². The summed E-state index contributed by atoms with van der Waals surface area (Å²) in [6.07, 6.45) is 4.32. The maximum absolute atomic E-state index is 11.9. The summed E-state index contributed by atoms with van der Waals surface area (Å²) in [6, 6.07) is 7.44. The normalized spacial score (nSPS) is 10.1. The van der Waals surface area contributed by atoms with Crippen molar-refractivity contribution >= 4 is 17.3 Å². The van der Waals surface area contributed by atoms with Crippen LogP contribution in [-0.4, -0.2) is 15.5 Å². The highest BCUT2D eigenvalue weighted by Crippen LogP contribution is 2.20. The first-order valence-corrected chi connectivity index (χ1v) is 6.68. The predicted octanol–water partition coefficient (Wildman–Crippen LogP) is 2.06. The minimum Gasteiger partial charge on any atom is -0.398 e. The average Bonchev–Trinajstić information content (AvgIpc) is 2.91.